The van der Waals surface area contributed by atoms with Crippen molar-refractivity contribution in [2.75, 3.05) is 12.8 Å². The molecule has 3 N–H and O–H groups in total. The van der Waals surface area contributed by atoms with E-state index in [-0.39, 0.29) is 0 Å². The molecule has 0 fully saturated rings. The van der Waals surface area contributed by atoms with Gasteiger partial charge in [-0.05, 0) is 36.9 Å². The second-order valence-electron chi connectivity index (χ2n) is 4.79. The molecule has 8 heteroatoms. The number of aliphatic carboxylic acids is 2. The Balaban J connectivity index is 0.000000413. The first kappa shape index (κ1) is 19.7. The van der Waals surface area contributed by atoms with Gasteiger partial charge in [0, 0.05) is 30.4 Å². The highest BCUT2D eigenvalue weighted by molar-refractivity contribution is 7.98. The first-order valence-corrected chi connectivity index (χ1v) is 8.51. The van der Waals surface area contributed by atoms with Crippen LogP contribution >= 0.6 is 11.8 Å². The predicted molar refractivity (Wildman–Crippen MR) is 92.0 cm³/mol. The fourth-order valence-electron chi connectivity index (χ4n) is 1.82. The molecule has 24 heavy (non-hydrogen) atoms. The van der Waals surface area contributed by atoms with Gasteiger partial charge in [0.15, 0.2) is 0 Å². The number of carbonyl (C=O) groups is 2. The van der Waals surface area contributed by atoms with Crippen molar-refractivity contribution in [1.29, 1.82) is 0 Å². The zero-order valence-corrected chi connectivity index (χ0v) is 14.2. The molecular weight excluding hydrogens is 330 g/mol. The first-order chi connectivity index (χ1) is 11.5. The molecule has 0 amide bonds. The topological polar surface area (TPSA) is 104 Å². The van der Waals surface area contributed by atoms with E-state index in [4.69, 9.17) is 19.8 Å². The lowest BCUT2D eigenvalue weighted by atomic mass is 10.2. The van der Waals surface area contributed by atoms with E-state index in [1.807, 2.05) is 18.7 Å². The van der Waals surface area contributed by atoms with E-state index in [0.717, 1.165) is 26.1 Å². The van der Waals surface area contributed by atoms with Gasteiger partial charge in [-0.15, -0.1) is 11.8 Å². The molecule has 130 valence electrons. The van der Waals surface area contributed by atoms with Gasteiger partial charge in [0.2, 0.25) is 0 Å². The van der Waals surface area contributed by atoms with Gasteiger partial charge in [-0.1, -0.05) is 12.1 Å². The van der Waals surface area contributed by atoms with Gasteiger partial charge in [-0.2, -0.15) is 0 Å². The number of carboxylic acids is 2. The Kier molecular flexibility index (Phi) is 9.25. The molecule has 2 aromatic rings. The standard InChI is InChI=1S/C14H19N3S.C2H2O4/c1-18-14-5-2-4-13(10-14)11-15-6-3-8-17-9-7-16-12-17;3-1(4)2(5)6/h2,4-5,7,9-10,12,15H,3,6,8,11H2,1H3;(H,3,4)(H,5,6). The highest BCUT2D eigenvalue weighted by Crippen LogP contribution is 2.15. The average Bonchev–Trinajstić information content (AvgIpc) is 3.08. The van der Waals surface area contributed by atoms with Gasteiger partial charge in [0.05, 0.1) is 6.33 Å². The SMILES string of the molecule is CSc1cccc(CNCCCn2ccnc2)c1.O=C(O)C(=O)O. The molecule has 0 bridgehead atoms. The molecular formula is C16H21N3O4S. The van der Waals surface area contributed by atoms with Gasteiger partial charge in [0.1, 0.15) is 0 Å². The molecule has 1 heterocycles. The summed E-state index contributed by atoms with van der Waals surface area (Å²) in [6.45, 7) is 3.00. The molecule has 1 aromatic carbocycles. The molecule has 2 rings (SSSR count). The molecule has 7 nitrogen and oxygen atoms in total. The van der Waals surface area contributed by atoms with Crippen LogP contribution in [0.3, 0.4) is 0 Å². The molecule has 1 aromatic heterocycles. The van der Waals surface area contributed by atoms with Gasteiger partial charge < -0.3 is 20.1 Å². The Bertz CT molecular complexity index is 620. The number of hydrogen-bond acceptors (Lipinski definition) is 5. The Hall–Kier alpha value is -2.32. The summed E-state index contributed by atoms with van der Waals surface area (Å²) in [6, 6.07) is 8.68. The van der Waals surface area contributed by atoms with E-state index < -0.39 is 11.9 Å². The summed E-state index contributed by atoms with van der Waals surface area (Å²) in [5.74, 6) is -3.65. The van der Waals surface area contributed by atoms with Crippen LogP contribution in [0.2, 0.25) is 0 Å². The molecule has 0 saturated carbocycles. The minimum Gasteiger partial charge on any atom is -0.473 e. The van der Waals surface area contributed by atoms with Crippen LogP contribution in [0.4, 0.5) is 0 Å². The van der Waals surface area contributed by atoms with E-state index in [2.05, 4.69) is 45.4 Å². The fraction of sp³-hybridized carbons (Fsp3) is 0.312. The summed E-state index contributed by atoms with van der Waals surface area (Å²) < 4.78 is 2.11. The molecule has 0 unspecified atom stereocenters. The van der Waals surface area contributed by atoms with Gasteiger partial charge >= 0.3 is 11.9 Å². The highest BCUT2D eigenvalue weighted by atomic mass is 32.2. The lowest BCUT2D eigenvalue weighted by Crippen LogP contribution is -2.16. The number of aryl methyl sites for hydroxylation is 1. The van der Waals surface area contributed by atoms with Crippen LogP contribution in [-0.4, -0.2) is 44.5 Å². The molecule has 0 atom stereocenters. The number of nitrogens with one attached hydrogen (secondary N) is 1. The van der Waals surface area contributed by atoms with E-state index >= 15 is 0 Å². The maximum Gasteiger partial charge on any atom is 0.414 e. The number of hydrogen-bond donors (Lipinski definition) is 3. The van der Waals surface area contributed by atoms with Crippen LogP contribution in [0, 0.1) is 0 Å². The minimum absolute atomic E-state index is 0.943. The third kappa shape index (κ3) is 8.35. The lowest BCUT2D eigenvalue weighted by Gasteiger charge is -2.06. The van der Waals surface area contributed by atoms with Crippen molar-refractivity contribution in [2.45, 2.75) is 24.4 Å². The van der Waals surface area contributed by atoms with Crippen LogP contribution in [-0.2, 0) is 22.7 Å². The summed E-state index contributed by atoms with van der Waals surface area (Å²) in [5.41, 5.74) is 1.35. The van der Waals surface area contributed by atoms with Gasteiger partial charge in [0.25, 0.3) is 0 Å². The van der Waals surface area contributed by atoms with E-state index in [0.29, 0.717) is 0 Å². The number of thioether (sulfide) groups is 1. The largest absolute Gasteiger partial charge is 0.473 e. The summed E-state index contributed by atoms with van der Waals surface area (Å²) in [5, 5.41) is 18.3. The van der Waals surface area contributed by atoms with Crippen molar-refractivity contribution in [3.05, 3.63) is 48.5 Å². The third-order valence-corrected chi connectivity index (χ3v) is 3.70. The molecule has 0 spiro atoms. The number of nitrogens with zero attached hydrogens (tertiary/aromatic N) is 2. The smallest absolute Gasteiger partial charge is 0.414 e. The van der Waals surface area contributed by atoms with Crippen molar-refractivity contribution < 1.29 is 19.8 Å². The second-order valence-corrected chi connectivity index (χ2v) is 5.67. The van der Waals surface area contributed by atoms with Crippen LogP contribution in [0.5, 0.6) is 0 Å². The van der Waals surface area contributed by atoms with Crippen molar-refractivity contribution in [3.8, 4) is 0 Å². The summed E-state index contributed by atoms with van der Waals surface area (Å²) in [7, 11) is 0. The van der Waals surface area contributed by atoms with Gasteiger partial charge in [-0.3, -0.25) is 0 Å². The van der Waals surface area contributed by atoms with Crippen molar-refractivity contribution >= 4 is 23.7 Å². The highest BCUT2D eigenvalue weighted by Gasteiger charge is 2.04. The van der Waals surface area contributed by atoms with E-state index in [9.17, 15) is 0 Å². The zero-order valence-electron chi connectivity index (χ0n) is 13.4. The van der Waals surface area contributed by atoms with Crippen LogP contribution in [0.15, 0.2) is 47.9 Å². The maximum absolute atomic E-state index is 9.10. The van der Waals surface area contributed by atoms with Crippen LogP contribution < -0.4 is 5.32 Å². The normalized spacial score (nSPS) is 9.88. The zero-order chi connectivity index (χ0) is 17.8. The second kappa shape index (κ2) is 11.3. The molecule has 0 radical (unpaired) electrons. The molecule has 0 aliphatic heterocycles. The summed E-state index contributed by atoms with van der Waals surface area (Å²) in [4.78, 5) is 23.6. The van der Waals surface area contributed by atoms with Crippen LogP contribution in [0.1, 0.15) is 12.0 Å². The lowest BCUT2D eigenvalue weighted by molar-refractivity contribution is -0.159. The first-order valence-electron chi connectivity index (χ1n) is 7.28. The molecule has 0 saturated heterocycles. The number of imidazole rings is 1. The Labute approximate surface area is 144 Å². The van der Waals surface area contributed by atoms with Gasteiger partial charge in [-0.25, -0.2) is 14.6 Å². The quantitative estimate of drug-likeness (QED) is 0.398. The average molecular weight is 351 g/mol. The molecule has 0 aliphatic rings. The third-order valence-electron chi connectivity index (χ3n) is 2.98. The minimum atomic E-state index is -1.82. The summed E-state index contributed by atoms with van der Waals surface area (Å²) in [6.07, 6.45) is 8.92. The fourth-order valence-corrected chi connectivity index (χ4v) is 2.30. The van der Waals surface area contributed by atoms with Crippen molar-refractivity contribution in [1.82, 2.24) is 14.9 Å². The summed E-state index contributed by atoms with van der Waals surface area (Å²) >= 11 is 1.79. The van der Waals surface area contributed by atoms with E-state index in [1.165, 1.54) is 10.5 Å². The maximum atomic E-state index is 9.10. The van der Waals surface area contributed by atoms with Crippen molar-refractivity contribution in [3.63, 3.8) is 0 Å². The predicted octanol–water partition coefficient (Wildman–Crippen LogP) is 1.94. The van der Waals surface area contributed by atoms with E-state index in [1.54, 1.807) is 11.8 Å². The number of carboxylic acid groups (broad SMARTS) is 2. The van der Waals surface area contributed by atoms with Crippen molar-refractivity contribution in [2.24, 2.45) is 0 Å². The Morgan fingerprint density at radius 2 is 2.04 bits per heavy atom. The monoisotopic (exact) mass is 351 g/mol. The number of rotatable bonds is 7. The number of aromatic nitrogens is 2. The van der Waals surface area contributed by atoms with Crippen LogP contribution in [0.25, 0.3) is 0 Å². The Morgan fingerprint density at radius 1 is 1.29 bits per heavy atom. The Morgan fingerprint density at radius 3 is 2.62 bits per heavy atom. The molecule has 0 aliphatic carbocycles. The number of benzene rings is 1.